The first kappa shape index (κ1) is 10.3. The minimum absolute atomic E-state index is 0. The van der Waals surface area contributed by atoms with Gasteiger partial charge < -0.3 is 4.74 Å². The number of rotatable bonds is 2. The van der Waals surface area contributed by atoms with E-state index in [4.69, 9.17) is 4.74 Å². The van der Waals surface area contributed by atoms with Gasteiger partial charge in [-0.3, -0.25) is 0 Å². The Morgan fingerprint density at radius 3 is 1.29 bits per heavy atom. The number of hydrogen-bond acceptors (Lipinski definition) is 1. The average molecular weight is 186 g/mol. The fourth-order valence-electron chi connectivity index (χ4n) is 1.11. The van der Waals surface area contributed by atoms with E-state index in [0.29, 0.717) is 0 Å². The van der Waals surface area contributed by atoms with Crippen LogP contribution >= 0.6 is 0 Å². The Labute approximate surface area is 85.0 Å². The highest BCUT2D eigenvalue weighted by atomic mass is 16.5. The van der Waals surface area contributed by atoms with Crippen molar-refractivity contribution in [3.63, 3.8) is 0 Å². The van der Waals surface area contributed by atoms with Crippen LogP contribution in [0.5, 0.6) is 11.5 Å². The third kappa shape index (κ3) is 2.63. The first-order valence-corrected chi connectivity index (χ1v) is 4.23. The molecule has 0 aliphatic heterocycles. The molecule has 72 valence electrons. The van der Waals surface area contributed by atoms with Crippen molar-refractivity contribution in [2.75, 3.05) is 0 Å². The summed E-state index contributed by atoms with van der Waals surface area (Å²) in [5, 5.41) is 0. The molecule has 0 atom stereocenters. The van der Waals surface area contributed by atoms with Crippen molar-refractivity contribution in [3.05, 3.63) is 60.7 Å². The van der Waals surface area contributed by atoms with Crippen LogP contribution in [-0.4, -0.2) is 0 Å². The zero-order valence-corrected chi connectivity index (χ0v) is 7.18. The largest absolute Gasteiger partial charge is 0.457 e. The monoisotopic (exact) mass is 186 g/mol. The van der Waals surface area contributed by atoms with Gasteiger partial charge in [0, 0.05) is 0 Å². The molecule has 0 unspecified atom stereocenters. The maximum atomic E-state index is 5.58. The molecule has 0 N–H and O–H groups in total. The second kappa shape index (κ2) is 5.07. The second-order valence-corrected chi connectivity index (χ2v) is 2.73. The van der Waals surface area contributed by atoms with Crippen molar-refractivity contribution in [2.24, 2.45) is 0 Å². The molecule has 1 nitrogen and oxygen atoms in total. The van der Waals surface area contributed by atoms with Gasteiger partial charge in [-0.25, -0.2) is 0 Å². The summed E-state index contributed by atoms with van der Waals surface area (Å²) in [6.07, 6.45) is 0. The molecule has 0 aliphatic carbocycles. The minimum atomic E-state index is 0. The van der Waals surface area contributed by atoms with Crippen molar-refractivity contribution in [3.8, 4) is 11.5 Å². The van der Waals surface area contributed by atoms with E-state index < -0.39 is 0 Å². The number of para-hydroxylation sites is 2. The topological polar surface area (TPSA) is 9.23 Å². The lowest BCUT2D eigenvalue weighted by Gasteiger charge is -2.03. The lowest BCUT2D eigenvalue weighted by molar-refractivity contribution is 0.482. The summed E-state index contributed by atoms with van der Waals surface area (Å²) in [7, 11) is 0. The Morgan fingerprint density at radius 1 is 0.571 bits per heavy atom. The van der Waals surface area contributed by atoms with E-state index in [9.17, 15) is 0 Å². The van der Waals surface area contributed by atoms with Crippen LogP contribution in [0.2, 0.25) is 0 Å². The van der Waals surface area contributed by atoms with Crippen LogP contribution in [0.3, 0.4) is 0 Å². The molecule has 0 radical (unpaired) electrons. The summed E-state index contributed by atoms with van der Waals surface area (Å²) in [5.41, 5.74) is 0. The molecule has 2 rings (SSSR count). The smallest absolute Gasteiger partial charge is 0.127 e. The Bertz CT molecular complexity index is 316. The zero-order chi connectivity index (χ0) is 8.93. The normalized spacial score (nSPS) is 8.86. The maximum absolute atomic E-state index is 5.58. The fraction of sp³-hybridized carbons (Fsp3) is 0.0769. The van der Waals surface area contributed by atoms with Gasteiger partial charge in [-0.05, 0) is 24.3 Å². The predicted octanol–water partition coefficient (Wildman–Crippen LogP) is 4.12. The van der Waals surface area contributed by atoms with E-state index >= 15 is 0 Å². The van der Waals surface area contributed by atoms with Gasteiger partial charge in [0.05, 0.1) is 0 Å². The average Bonchev–Trinajstić information content (AvgIpc) is 2.21. The minimum Gasteiger partial charge on any atom is -0.457 e. The van der Waals surface area contributed by atoms with Gasteiger partial charge in [0.2, 0.25) is 0 Å². The van der Waals surface area contributed by atoms with Gasteiger partial charge in [0.15, 0.2) is 0 Å². The van der Waals surface area contributed by atoms with Gasteiger partial charge in [-0.1, -0.05) is 43.8 Å². The van der Waals surface area contributed by atoms with Crippen molar-refractivity contribution < 1.29 is 4.74 Å². The molecular weight excluding hydrogens is 172 g/mol. The molecule has 0 saturated carbocycles. The molecule has 0 amide bonds. The van der Waals surface area contributed by atoms with E-state index in [1.54, 1.807) is 0 Å². The molecule has 0 aliphatic rings. The van der Waals surface area contributed by atoms with Gasteiger partial charge in [0.1, 0.15) is 11.5 Å². The Hall–Kier alpha value is -1.76. The highest BCUT2D eigenvalue weighted by Crippen LogP contribution is 2.19. The summed E-state index contributed by atoms with van der Waals surface area (Å²) in [6, 6.07) is 19.5. The molecule has 0 bridgehead atoms. The lowest BCUT2D eigenvalue weighted by atomic mass is 10.3. The van der Waals surface area contributed by atoms with Crippen molar-refractivity contribution in [1.29, 1.82) is 0 Å². The van der Waals surface area contributed by atoms with Crippen molar-refractivity contribution >= 4 is 0 Å². The summed E-state index contributed by atoms with van der Waals surface area (Å²) in [5.74, 6) is 1.74. The number of benzene rings is 2. The van der Waals surface area contributed by atoms with E-state index in [1.807, 2.05) is 60.7 Å². The van der Waals surface area contributed by atoms with Crippen LogP contribution < -0.4 is 4.74 Å². The Balaban J connectivity index is 0.000000980. The SMILES string of the molecule is C.c1ccc(Oc2ccccc2)cc1. The fourth-order valence-corrected chi connectivity index (χ4v) is 1.11. The van der Waals surface area contributed by atoms with Crippen LogP contribution in [0.1, 0.15) is 7.43 Å². The maximum Gasteiger partial charge on any atom is 0.127 e. The molecular formula is C13H14O. The van der Waals surface area contributed by atoms with Crippen molar-refractivity contribution in [2.45, 2.75) is 7.43 Å². The standard InChI is InChI=1S/C12H10O.CH4/c1-3-7-11(8-4-1)13-12-9-5-2-6-10-12;/h1-10H;1H4. The van der Waals surface area contributed by atoms with Crippen LogP contribution in [0.25, 0.3) is 0 Å². The van der Waals surface area contributed by atoms with Crippen LogP contribution in [0.15, 0.2) is 60.7 Å². The number of hydrogen-bond donors (Lipinski definition) is 0. The van der Waals surface area contributed by atoms with Crippen LogP contribution in [-0.2, 0) is 0 Å². The van der Waals surface area contributed by atoms with Gasteiger partial charge >= 0.3 is 0 Å². The molecule has 1 heteroatoms. The van der Waals surface area contributed by atoms with Gasteiger partial charge in [-0.15, -0.1) is 0 Å². The van der Waals surface area contributed by atoms with E-state index in [0.717, 1.165) is 11.5 Å². The molecule has 2 aromatic rings. The zero-order valence-electron chi connectivity index (χ0n) is 7.18. The van der Waals surface area contributed by atoms with E-state index in [1.165, 1.54) is 0 Å². The molecule has 0 aromatic heterocycles. The third-order valence-corrected chi connectivity index (χ3v) is 1.72. The van der Waals surface area contributed by atoms with Crippen molar-refractivity contribution in [1.82, 2.24) is 0 Å². The Kier molecular flexibility index (Phi) is 3.74. The molecule has 0 saturated heterocycles. The van der Waals surface area contributed by atoms with Gasteiger partial charge in [0.25, 0.3) is 0 Å². The molecule has 2 aromatic carbocycles. The molecule has 0 fully saturated rings. The quantitative estimate of drug-likeness (QED) is 0.685. The first-order chi connectivity index (χ1) is 6.45. The highest BCUT2D eigenvalue weighted by molar-refractivity contribution is 5.30. The van der Waals surface area contributed by atoms with Gasteiger partial charge in [-0.2, -0.15) is 0 Å². The highest BCUT2D eigenvalue weighted by Gasteiger charge is 1.92. The summed E-state index contributed by atoms with van der Waals surface area (Å²) >= 11 is 0. The molecule has 0 heterocycles. The second-order valence-electron chi connectivity index (χ2n) is 2.73. The molecule has 14 heavy (non-hydrogen) atoms. The van der Waals surface area contributed by atoms with Crippen LogP contribution in [0.4, 0.5) is 0 Å². The number of ether oxygens (including phenoxy) is 1. The first-order valence-electron chi connectivity index (χ1n) is 4.23. The summed E-state index contributed by atoms with van der Waals surface area (Å²) < 4.78 is 5.58. The Morgan fingerprint density at radius 2 is 0.929 bits per heavy atom. The van der Waals surface area contributed by atoms with E-state index in [2.05, 4.69) is 0 Å². The summed E-state index contributed by atoms with van der Waals surface area (Å²) in [6.45, 7) is 0. The third-order valence-electron chi connectivity index (χ3n) is 1.72. The lowest BCUT2D eigenvalue weighted by Crippen LogP contribution is -1.81. The van der Waals surface area contributed by atoms with E-state index in [-0.39, 0.29) is 7.43 Å². The molecule has 0 spiro atoms. The predicted molar refractivity (Wildman–Crippen MR) is 59.7 cm³/mol. The van der Waals surface area contributed by atoms with Crippen LogP contribution in [0, 0.1) is 0 Å². The summed E-state index contributed by atoms with van der Waals surface area (Å²) in [4.78, 5) is 0.